The number of aryl methyl sites for hydroxylation is 1. The zero-order valence-corrected chi connectivity index (χ0v) is 19.8. The lowest BCUT2D eigenvalue weighted by molar-refractivity contribution is -0.117. The quantitative estimate of drug-likeness (QED) is 0.302. The van der Waals surface area contributed by atoms with Gasteiger partial charge in [0.05, 0.1) is 13.2 Å². The van der Waals surface area contributed by atoms with Crippen LogP contribution in [0, 0.1) is 5.92 Å². The fourth-order valence-corrected chi connectivity index (χ4v) is 3.42. The van der Waals surface area contributed by atoms with Crippen molar-refractivity contribution in [3.8, 4) is 5.75 Å². The van der Waals surface area contributed by atoms with Crippen molar-refractivity contribution in [1.29, 1.82) is 0 Å². The van der Waals surface area contributed by atoms with Gasteiger partial charge in [0.2, 0.25) is 11.8 Å². The van der Waals surface area contributed by atoms with Crippen molar-refractivity contribution in [3.05, 3.63) is 84.4 Å². The topological polar surface area (TPSA) is 79.5 Å². The van der Waals surface area contributed by atoms with Crippen molar-refractivity contribution in [3.63, 3.8) is 0 Å². The predicted molar refractivity (Wildman–Crippen MR) is 138 cm³/mol. The summed E-state index contributed by atoms with van der Waals surface area (Å²) in [5.74, 6) is 0.883. The fraction of sp³-hybridized carbons (Fsp3) is 0.286. The number of hydrogen-bond donors (Lipinski definition) is 3. The molecule has 0 aliphatic carbocycles. The van der Waals surface area contributed by atoms with Gasteiger partial charge in [0.1, 0.15) is 5.75 Å². The second-order valence-corrected chi connectivity index (χ2v) is 8.59. The van der Waals surface area contributed by atoms with Crippen LogP contribution in [0.4, 0.5) is 17.1 Å². The number of anilines is 3. The zero-order chi connectivity index (χ0) is 24.2. The Morgan fingerprint density at radius 3 is 2.24 bits per heavy atom. The molecular formula is C28H33N3O3. The Labute approximate surface area is 201 Å². The maximum atomic E-state index is 12.4. The Balaban J connectivity index is 1.39. The summed E-state index contributed by atoms with van der Waals surface area (Å²) in [6.45, 7) is 4.76. The largest absolute Gasteiger partial charge is 0.494 e. The molecule has 178 valence electrons. The van der Waals surface area contributed by atoms with Gasteiger partial charge in [-0.15, -0.1) is 0 Å². The van der Waals surface area contributed by atoms with Crippen LogP contribution in [-0.4, -0.2) is 25.0 Å². The number of carbonyl (C=O) groups is 2. The number of hydrogen-bond acceptors (Lipinski definition) is 4. The predicted octanol–water partition coefficient (Wildman–Crippen LogP) is 5.73. The van der Waals surface area contributed by atoms with E-state index in [0.717, 1.165) is 30.0 Å². The Bertz CT molecular complexity index is 1050. The lowest BCUT2D eigenvalue weighted by Gasteiger charge is -2.11. The van der Waals surface area contributed by atoms with E-state index in [2.05, 4.69) is 28.1 Å². The number of rotatable bonds is 12. The van der Waals surface area contributed by atoms with Crippen LogP contribution in [0.5, 0.6) is 5.75 Å². The highest BCUT2D eigenvalue weighted by Crippen LogP contribution is 2.18. The molecule has 0 radical (unpaired) electrons. The Kier molecular flexibility index (Phi) is 9.52. The van der Waals surface area contributed by atoms with Crippen molar-refractivity contribution in [2.24, 2.45) is 5.92 Å². The summed E-state index contributed by atoms with van der Waals surface area (Å²) in [6, 6.07) is 25.0. The molecule has 0 heterocycles. The molecule has 2 amide bonds. The van der Waals surface area contributed by atoms with Crippen molar-refractivity contribution < 1.29 is 14.3 Å². The number of amides is 2. The number of nitrogens with one attached hydrogen (secondary N) is 3. The van der Waals surface area contributed by atoms with Crippen molar-refractivity contribution in [2.45, 2.75) is 33.1 Å². The van der Waals surface area contributed by atoms with E-state index in [1.807, 2.05) is 80.6 Å². The van der Waals surface area contributed by atoms with Crippen molar-refractivity contribution in [2.75, 3.05) is 29.1 Å². The summed E-state index contributed by atoms with van der Waals surface area (Å²) in [5.41, 5.74) is 3.52. The van der Waals surface area contributed by atoms with Gasteiger partial charge in [-0.05, 0) is 60.7 Å². The van der Waals surface area contributed by atoms with Crippen LogP contribution < -0.4 is 20.7 Å². The van der Waals surface area contributed by atoms with Gasteiger partial charge in [0, 0.05) is 29.5 Å². The maximum absolute atomic E-state index is 12.4. The first-order valence-electron chi connectivity index (χ1n) is 11.7. The third kappa shape index (κ3) is 8.98. The summed E-state index contributed by atoms with van der Waals surface area (Å²) in [7, 11) is 0. The molecule has 6 heteroatoms. The molecule has 0 fully saturated rings. The van der Waals surface area contributed by atoms with E-state index in [-0.39, 0.29) is 18.4 Å². The summed E-state index contributed by atoms with van der Waals surface area (Å²) in [6.07, 6.45) is 2.37. The zero-order valence-electron chi connectivity index (χ0n) is 19.8. The Morgan fingerprint density at radius 1 is 0.794 bits per heavy atom. The lowest BCUT2D eigenvalue weighted by Crippen LogP contribution is -2.21. The number of benzene rings is 3. The maximum Gasteiger partial charge on any atom is 0.243 e. The number of carbonyl (C=O) groups excluding carboxylic acids is 2. The van der Waals surface area contributed by atoms with Crippen LogP contribution in [0.1, 0.15) is 32.3 Å². The third-order valence-electron chi connectivity index (χ3n) is 5.05. The average Bonchev–Trinajstić information content (AvgIpc) is 2.82. The minimum Gasteiger partial charge on any atom is -0.494 e. The lowest BCUT2D eigenvalue weighted by atomic mass is 10.1. The van der Waals surface area contributed by atoms with Gasteiger partial charge >= 0.3 is 0 Å². The van der Waals surface area contributed by atoms with E-state index >= 15 is 0 Å². The summed E-state index contributed by atoms with van der Waals surface area (Å²) in [5, 5.41) is 8.85. The smallest absolute Gasteiger partial charge is 0.243 e. The van der Waals surface area contributed by atoms with Crippen molar-refractivity contribution >= 4 is 28.9 Å². The number of ether oxygens (including phenoxy) is 1. The third-order valence-corrected chi connectivity index (χ3v) is 5.05. The molecule has 0 aliphatic rings. The average molecular weight is 460 g/mol. The molecule has 6 nitrogen and oxygen atoms in total. The highest BCUT2D eigenvalue weighted by atomic mass is 16.5. The molecule has 34 heavy (non-hydrogen) atoms. The van der Waals surface area contributed by atoms with Gasteiger partial charge in [-0.2, -0.15) is 0 Å². The summed E-state index contributed by atoms with van der Waals surface area (Å²) in [4.78, 5) is 24.2. The molecular weight excluding hydrogens is 426 g/mol. The molecule has 3 aromatic carbocycles. The molecule has 0 saturated heterocycles. The minimum atomic E-state index is -0.157. The molecule has 0 bridgehead atoms. The van der Waals surface area contributed by atoms with Crippen molar-refractivity contribution in [1.82, 2.24) is 0 Å². The summed E-state index contributed by atoms with van der Waals surface area (Å²) >= 11 is 0. The summed E-state index contributed by atoms with van der Waals surface area (Å²) < 4.78 is 5.84. The first kappa shape index (κ1) is 24.8. The molecule has 0 atom stereocenters. The SMILES string of the molecule is CC(C)CC(=O)Nc1ccc(NCC(=O)Nc2cccc(OCCCc3ccccc3)c2)cc1. The van der Waals surface area contributed by atoms with Crippen LogP contribution in [0.2, 0.25) is 0 Å². The van der Waals surface area contributed by atoms with E-state index in [1.54, 1.807) is 0 Å². The van der Waals surface area contributed by atoms with Crippen LogP contribution in [0.25, 0.3) is 0 Å². The van der Waals surface area contributed by atoms with Gasteiger partial charge in [0.25, 0.3) is 0 Å². The molecule has 0 aliphatic heterocycles. The molecule has 3 N–H and O–H groups in total. The first-order chi connectivity index (χ1) is 16.5. The molecule has 3 aromatic rings. The van der Waals surface area contributed by atoms with Gasteiger partial charge in [-0.1, -0.05) is 50.2 Å². The van der Waals surface area contributed by atoms with E-state index in [9.17, 15) is 9.59 Å². The standard InChI is InChI=1S/C28H33N3O3/c1-21(2)18-27(32)30-24-15-13-23(14-16-24)29-20-28(33)31-25-11-6-12-26(19-25)34-17-7-10-22-8-4-3-5-9-22/h3-6,8-9,11-16,19,21,29H,7,10,17-18,20H2,1-2H3,(H,30,32)(H,31,33). The van der Waals surface area contributed by atoms with E-state index < -0.39 is 0 Å². The van der Waals surface area contributed by atoms with E-state index in [0.29, 0.717) is 24.6 Å². The van der Waals surface area contributed by atoms with Gasteiger partial charge in [-0.3, -0.25) is 9.59 Å². The first-order valence-corrected chi connectivity index (χ1v) is 11.7. The molecule has 0 aromatic heterocycles. The van der Waals surface area contributed by atoms with Gasteiger partial charge in [-0.25, -0.2) is 0 Å². The Morgan fingerprint density at radius 2 is 1.50 bits per heavy atom. The highest BCUT2D eigenvalue weighted by molar-refractivity contribution is 5.94. The van der Waals surface area contributed by atoms with Crippen LogP contribution in [0.15, 0.2) is 78.9 Å². The fourth-order valence-electron chi connectivity index (χ4n) is 3.42. The monoisotopic (exact) mass is 459 g/mol. The van der Waals surface area contributed by atoms with Gasteiger partial charge < -0.3 is 20.7 Å². The van der Waals surface area contributed by atoms with E-state index in [1.165, 1.54) is 5.56 Å². The minimum absolute atomic E-state index is 0.00232. The highest BCUT2D eigenvalue weighted by Gasteiger charge is 2.06. The molecule has 0 unspecified atom stereocenters. The van der Waals surface area contributed by atoms with Gasteiger partial charge in [0.15, 0.2) is 0 Å². The molecule has 0 saturated carbocycles. The van der Waals surface area contributed by atoms with Crippen LogP contribution in [-0.2, 0) is 16.0 Å². The molecule has 0 spiro atoms. The van der Waals surface area contributed by atoms with Crippen LogP contribution in [0.3, 0.4) is 0 Å². The Hall–Kier alpha value is -3.80. The second kappa shape index (κ2) is 13.0. The van der Waals surface area contributed by atoms with Crippen LogP contribution >= 0.6 is 0 Å². The second-order valence-electron chi connectivity index (χ2n) is 8.59. The molecule has 3 rings (SSSR count). The van der Waals surface area contributed by atoms with E-state index in [4.69, 9.17) is 4.74 Å². The normalized spacial score (nSPS) is 10.6.